The molecule has 0 fully saturated rings. The van der Waals surface area contributed by atoms with Gasteiger partial charge in [0.05, 0.1) is 5.56 Å². The molecule has 1 amide bonds. The van der Waals surface area contributed by atoms with Crippen LogP contribution in [0.4, 0.5) is 11.6 Å². The Kier molecular flexibility index (Phi) is 4.07. The van der Waals surface area contributed by atoms with Crippen molar-refractivity contribution in [2.75, 3.05) is 10.3 Å². The lowest BCUT2D eigenvalue weighted by atomic mass is 10.2. The smallest absolute Gasteiger partial charge is 0.275 e. The van der Waals surface area contributed by atoms with Gasteiger partial charge in [-0.15, -0.1) is 0 Å². The third-order valence-corrected chi connectivity index (χ3v) is 2.96. The minimum Gasteiger partial charge on any atom is -0.305 e. The molecule has 0 bridgehead atoms. The van der Waals surface area contributed by atoms with Crippen molar-refractivity contribution in [1.82, 2.24) is 9.97 Å². The van der Waals surface area contributed by atoms with Gasteiger partial charge >= 0.3 is 0 Å². The summed E-state index contributed by atoms with van der Waals surface area (Å²) >= 11 is 0. The second-order valence-corrected chi connectivity index (χ2v) is 4.50. The second kappa shape index (κ2) is 6.49. The number of carbonyl (C=O) groups is 2. The van der Waals surface area contributed by atoms with E-state index in [1.807, 2.05) is 0 Å². The third kappa shape index (κ3) is 3.22. The van der Waals surface area contributed by atoms with Gasteiger partial charge in [-0.1, -0.05) is 12.0 Å². The van der Waals surface area contributed by atoms with E-state index in [1.54, 1.807) is 36.5 Å². The van der Waals surface area contributed by atoms with Crippen molar-refractivity contribution in [2.45, 2.75) is 6.42 Å². The first-order valence-electron chi connectivity index (χ1n) is 6.77. The zero-order valence-electron chi connectivity index (χ0n) is 11.9. The van der Waals surface area contributed by atoms with E-state index in [2.05, 4.69) is 32.4 Å². The summed E-state index contributed by atoms with van der Waals surface area (Å²) < 4.78 is 0. The predicted molar refractivity (Wildman–Crippen MR) is 85.2 cm³/mol. The Labute approximate surface area is 132 Å². The molecule has 0 saturated heterocycles. The maximum absolute atomic E-state index is 12.2. The van der Waals surface area contributed by atoms with Gasteiger partial charge in [-0.05, 0) is 24.3 Å². The number of pyridine rings is 2. The Balaban J connectivity index is 1.90. The van der Waals surface area contributed by atoms with Gasteiger partial charge in [-0.3, -0.25) is 14.6 Å². The van der Waals surface area contributed by atoms with Crippen molar-refractivity contribution in [2.24, 2.45) is 5.10 Å². The molecule has 0 radical (unpaired) electrons. The highest BCUT2D eigenvalue weighted by Crippen LogP contribution is 2.19. The molecule has 1 N–H and O–H groups in total. The molecule has 2 aromatic heterocycles. The number of hydrogen-bond donors (Lipinski definition) is 1. The highest BCUT2D eigenvalue weighted by molar-refractivity contribution is 6.04. The molecule has 3 heterocycles. The lowest BCUT2D eigenvalue weighted by molar-refractivity contribution is 0.102. The molecule has 112 valence electrons. The summed E-state index contributed by atoms with van der Waals surface area (Å²) in [5.41, 5.74) is 0.485. The lowest BCUT2D eigenvalue weighted by Crippen LogP contribution is -2.18. The Morgan fingerprint density at radius 2 is 2.22 bits per heavy atom. The quantitative estimate of drug-likeness (QED) is 0.686. The van der Waals surface area contributed by atoms with E-state index in [0.717, 1.165) is 0 Å². The van der Waals surface area contributed by atoms with Crippen LogP contribution in [0.25, 0.3) is 0 Å². The summed E-state index contributed by atoms with van der Waals surface area (Å²) in [6.45, 7) is 0. The van der Waals surface area contributed by atoms with Crippen LogP contribution in [0.1, 0.15) is 27.3 Å². The SMILES string of the molecule is O=Cc1ccc(N2C#CCC=N2)nc1NC(=O)c1ccccn1. The van der Waals surface area contributed by atoms with Crippen molar-refractivity contribution in [3.05, 3.63) is 47.8 Å². The number of aldehydes is 1. The Morgan fingerprint density at radius 3 is 2.91 bits per heavy atom. The fraction of sp³-hybridized carbons (Fsp3) is 0.0625. The van der Waals surface area contributed by atoms with E-state index < -0.39 is 5.91 Å². The molecule has 0 atom stereocenters. The highest BCUT2D eigenvalue weighted by atomic mass is 16.2. The van der Waals surface area contributed by atoms with Crippen molar-refractivity contribution in [1.29, 1.82) is 0 Å². The van der Waals surface area contributed by atoms with Gasteiger partial charge in [0.1, 0.15) is 11.5 Å². The average Bonchev–Trinajstić information content (AvgIpc) is 2.63. The van der Waals surface area contributed by atoms with Crippen LogP contribution in [0, 0.1) is 12.0 Å². The number of anilines is 2. The average molecular weight is 305 g/mol. The molecule has 0 spiro atoms. The molecule has 23 heavy (non-hydrogen) atoms. The van der Waals surface area contributed by atoms with E-state index >= 15 is 0 Å². The number of rotatable bonds is 4. The first kappa shape index (κ1) is 14.4. The minimum atomic E-state index is -0.452. The van der Waals surface area contributed by atoms with Crippen molar-refractivity contribution < 1.29 is 9.59 Å². The molecule has 7 heteroatoms. The molecule has 1 aliphatic heterocycles. The summed E-state index contributed by atoms with van der Waals surface area (Å²) in [6, 6.07) is 10.9. The first-order valence-corrected chi connectivity index (χ1v) is 6.77. The van der Waals surface area contributed by atoms with E-state index in [1.165, 1.54) is 11.2 Å². The zero-order valence-corrected chi connectivity index (χ0v) is 11.9. The molecule has 0 unspecified atom stereocenters. The van der Waals surface area contributed by atoms with Gasteiger partial charge in [-0.2, -0.15) is 10.1 Å². The van der Waals surface area contributed by atoms with Crippen LogP contribution in [0.2, 0.25) is 0 Å². The molecule has 0 aromatic carbocycles. The topological polar surface area (TPSA) is 87.5 Å². The van der Waals surface area contributed by atoms with Crippen LogP contribution in [-0.4, -0.2) is 28.4 Å². The summed E-state index contributed by atoms with van der Waals surface area (Å²) in [5.74, 6) is 2.96. The van der Waals surface area contributed by atoms with Crippen molar-refractivity contribution >= 4 is 30.0 Å². The van der Waals surface area contributed by atoms with Gasteiger partial charge < -0.3 is 5.32 Å². The number of hydrogen-bond acceptors (Lipinski definition) is 6. The minimum absolute atomic E-state index is 0.135. The number of nitrogens with zero attached hydrogens (tertiary/aromatic N) is 4. The van der Waals surface area contributed by atoms with Crippen LogP contribution < -0.4 is 10.3 Å². The maximum atomic E-state index is 12.2. The largest absolute Gasteiger partial charge is 0.305 e. The van der Waals surface area contributed by atoms with Crippen LogP contribution in [0.3, 0.4) is 0 Å². The number of nitrogens with one attached hydrogen (secondary N) is 1. The first-order chi connectivity index (χ1) is 11.3. The van der Waals surface area contributed by atoms with Crippen molar-refractivity contribution in [3.63, 3.8) is 0 Å². The summed E-state index contributed by atoms with van der Waals surface area (Å²) in [4.78, 5) is 31.5. The van der Waals surface area contributed by atoms with Crippen LogP contribution >= 0.6 is 0 Å². The predicted octanol–water partition coefficient (Wildman–Crippen LogP) is 1.70. The Hall–Kier alpha value is -3.53. The Morgan fingerprint density at radius 1 is 1.30 bits per heavy atom. The van der Waals surface area contributed by atoms with Gasteiger partial charge in [0.2, 0.25) is 0 Å². The summed E-state index contributed by atoms with van der Waals surface area (Å²) in [7, 11) is 0. The monoisotopic (exact) mass is 305 g/mol. The molecular weight excluding hydrogens is 294 g/mol. The Bertz CT molecular complexity index is 837. The molecular formula is C16H11N5O2. The lowest BCUT2D eigenvalue weighted by Gasteiger charge is -2.14. The third-order valence-electron chi connectivity index (χ3n) is 2.96. The van der Waals surface area contributed by atoms with E-state index in [0.29, 0.717) is 18.5 Å². The fourth-order valence-corrected chi connectivity index (χ4v) is 1.88. The summed E-state index contributed by atoms with van der Waals surface area (Å²) in [6.07, 6.45) is 4.36. The second-order valence-electron chi connectivity index (χ2n) is 4.50. The van der Waals surface area contributed by atoms with Gasteiger partial charge in [0, 0.05) is 24.9 Å². The molecule has 0 saturated carbocycles. The highest BCUT2D eigenvalue weighted by Gasteiger charge is 2.14. The van der Waals surface area contributed by atoms with E-state index in [4.69, 9.17) is 0 Å². The molecule has 1 aliphatic rings. The van der Waals surface area contributed by atoms with Crippen molar-refractivity contribution in [3.8, 4) is 12.0 Å². The van der Waals surface area contributed by atoms with Crippen LogP contribution in [0.5, 0.6) is 0 Å². The molecule has 3 rings (SSSR count). The van der Waals surface area contributed by atoms with E-state index in [9.17, 15) is 9.59 Å². The molecule has 2 aromatic rings. The van der Waals surface area contributed by atoms with Crippen LogP contribution in [-0.2, 0) is 0 Å². The fourth-order valence-electron chi connectivity index (χ4n) is 1.88. The zero-order chi connectivity index (χ0) is 16.1. The standard InChI is InChI=1S/C16H11N5O2/c22-11-12-6-7-14(21-10-4-3-9-18-21)19-15(12)20-16(23)13-5-1-2-8-17-13/h1-2,5-9,11H,3H2,(H,19,20,23). The van der Waals surface area contributed by atoms with Gasteiger partial charge in [0.15, 0.2) is 12.1 Å². The summed E-state index contributed by atoms with van der Waals surface area (Å²) in [5, 5.41) is 8.06. The number of amides is 1. The normalized spacial score (nSPS) is 12.3. The molecule has 7 nitrogen and oxygen atoms in total. The number of aromatic nitrogens is 2. The van der Waals surface area contributed by atoms with Gasteiger partial charge in [-0.25, -0.2) is 4.98 Å². The molecule has 0 aliphatic carbocycles. The van der Waals surface area contributed by atoms with E-state index in [-0.39, 0.29) is 17.1 Å². The maximum Gasteiger partial charge on any atom is 0.275 e. The van der Waals surface area contributed by atoms with Crippen LogP contribution in [0.15, 0.2) is 41.6 Å². The number of hydrazone groups is 1. The van der Waals surface area contributed by atoms with Gasteiger partial charge in [0.25, 0.3) is 5.91 Å². The number of carbonyl (C=O) groups excluding carboxylic acids is 2.